The number of nitrogens with one attached hydrogen (secondary N) is 1. The lowest BCUT2D eigenvalue weighted by molar-refractivity contribution is 0.0458. The van der Waals surface area contributed by atoms with E-state index >= 15 is 0 Å². The molecule has 1 heterocycles. The van der Waals surface area contributed by atoms with Crippen LogP contribution in [-0.4, -0.2) is 58.1 Å². The Labute approximate surface area is 178 Å². The Kier molecular flexibility index (Phi) is 8.61. The van der Waals surface area contributed by atoms with Crippen molar-refractivity contribution in [3.63, 3.8) is 0 Å². The number of carbonyl (C=O) groups is 1. The zero-order valence-corrected chi connectivity index (χ0v) is 18.6. The van der Waals surface area contributed by atoms with Crippen LogP contribution < -0.4 is 9.46 Å². The van der Waals surface area contributed by atoms with Gasteiger partial charge in [-0.15, -0.1) is 0 Å². The SMILES string of the molecule is CC(C)COC(=O)c1cnc(OCCN(C)C)c(NS(=O)(=O)Cc2ccccc2)c1. The van der Waals surface area contributed by atoms with E-state index in [9.17, 15) is 13.2 Å². The number of likely N-dealkylation sites (N-methyl/N-ethyl adjacent to an activating group) is 1. The second-order valence-corrected chi connectivity index (χ2v) is 9.29. The third-order valence-electron chi connectivity index (χ3n) is 3.88. The van der Waals surface area contributed by atoms with Crippen molar-refractivity contribution in [2.75, 3.05) is 38.6 Å². The third kappa shape index (κ3) is 8.00. The van der Waals surface area contributed by atoms with Crippen molar-refractivity contribution in [1.82, 2.24) is 9.88 Å². The zero-order chi connectivity index (χ0) is 22.1. The van der Waals surface area contributed by atoms with Gasteiger partial charge in [0.2, 0.25) is 15.9 Å². The van der Waals surface area contributed by atoms with Crippen molar-refractivity contribution in [3.05, 3.63) is 53.7 Å². The number of anilines is 1. The average molecular weight is 436 g/mol. The standard InChI is InChI=1S/C21H29N3O5S/c1-16(2)14-29-21(25)18-12-19(20(22-13-18)28-11-10-24(3)4)23-30(26,27)15-17-8-6-5-7-9-17/h5-9,12-13,16,23H,10-11,14-15H2,1-4H3. The van der Waals surface area contributed by atoms with Crippen LogP contribution in [0.15, 0.2) is 42.6 Å². The topological polar surface area (TPSA) is 97.8 Å². The smallest absolute Gasteiger partial charge is 0.339 e. The van der Waals surface area contributed by atoms with Gasteiger partial charge in [0.25, 0.3) is 0 Å². The summed E-state index contributed by atoms with van der Waals surface area (Å²) in [6.07, 6.45) is 1.32. The van der Waals surface area contributed by atoms with E-state index in [1.807, 2.05) is 38.9 Å². The molecule has 2 aromatic rings. The number of rotatable bonds is 11. The van der Waals surface area contributed by atoms with Crippen LogP contribution in [0, 0.1) is 5.92 Å². The van der Waals surface area contributed by atoms with E-state index in [1.54, 1.807) is 24.3 Å². The molecular weight excluding hydrogens is 406 g/mol. The van der Waals surface area contributed by atoms with Gasteiger partial charge in [-0.3, -0.25) is 4.72 Å². The number of nitrogens with zero attached hydrogens (tertiary/aromatic N) is 2. The van der Waals surface area contributed by atoms with Crippen LogP contribution >= 0.6 is 0 Å². The Morgan fingerprint density at radius 3 is 2.53 bits per heavy atom. The lowest BCUT2D eigenvalue weighted by Gasteiger charge is -2.15. The van der Waals surface area contributed by atoms with E-state index < -0.39 is 16.0 Å². The molecule has 0 aliphatic carbocycles. The highest BCUT2D eigenvalue weighted by Gasteiger charge is 2.19. The summed E-state index contributed by atoms with van der Waals surface area (Å²) in [5, 5.41) is 0. The minimum Gasteiger partial charge on any atom is -0.475 e. The molecule has 0 atom stereocenters. The molecule has 0 spiro atoms. The molecule has 0 fully saturated rings. The molecule has 0 saturated heterocycles. The van der Waals surface area contributed by atoms with Crippen LogP contribution in [0.5, 0.6) is 5.88 Å². The quantitative estimate of drug-likeness (QED) is 0.542. The van der Waals surface area contributed by atoms with E-state index in [2.05, 4.69) is 9.71 Å². The maximum absolute atomic E-state index is 12.7. The summed E-state index contributed by atoms with van der Waals surface area (Å²) in [5.74, 6) is -0.500. The van der Waals surface area contributed by atoms with Crippen LogP contribution in [0.4, 0.5) is 5.69 Å². The molecule has 8 nitrogen and oxygen atoms in total. The number of hydrogen-bond donors (Lipinski definition) is 1. The van der Waals surface area contributed by atoms with Crippen molar-refractivity contribution < 1.29 is 22.7 Å². The molecule has 0 unspecified atom stereocenters. The van der Waals surface area contributed by atoms with Gasteiger partial charge in [0.15, 0.2) is 0 Å². The number of ether oxygens (including phenoxy) is 2. The molecule has 1 N–H and O–H groups in total. The Bertz CT molecular complexity index is 931. The monoisotopic (exact) mass is 435 g/mol. The third-order valence-corrected chi connectivity index (χ3v) is 5.12. The van der Waals surface area contributed by atoms with Crippen molar-refractivity contribution in [2.45, 2.75) is 19.6 Å². The molecule has 9 heteroatoms. The van der Waals surface area contributed by atoms with Gasteiger partial charge in [0, 0.05) is 12.7 Å². The average Bonchev–Trinajstić information content (AvgIpc) is 2.67. The zero-order valence-electron chi connectivity index (χ0n) is 17.8. The predicted octanol–water partition coefficient (Wildman–Crippen LogP) is 2.78. The highest BCUT2D eigenvalue weighted by molar-refractivity contribution is 7.91. The van der Waals surface area contributed by atoms with E-state index in [4.69, 9.17) is 9.47 Å². The van der Waals surface area contributed by atoms with E-state index in [-0.39, 0.29) is 35.4 Å². The van der Waals surface area contributed by atoms with Crippen LogP contribution in [0.1, 0.15) is 29.8 Å². The molecule has 2 rings (SSSR count). The van der Waals surface area contributed by atoms with Gasteiger partial charge in [-0.2, -0.15) is 0 Å². The molecule has 0 aliphatic rings. The number of benzene rings is 1. The number of aromatic nitrogens is 1. The van der Waals surface area contributed by atoms with Gasteiger partial charge >= 0.3 is 5.97 Å². The van der Waals surface area contributed by atoms with E-state index in [0.717, 1.165) is 0 Å². The summed E-state index contributed by atoms with van der Waals surface area (Å²) in [7, 11) is 0.0416. The van der Waals surface area contributed by atoms with Crippen LogP contribution in [0.2, 0.25) is 0 Å². The van der Waals surface area contributed by atoms with E-state index in [1.165, 1.54) is 12.3 Å². The molecule has 0 bridgehead atoms. The van der Waals surface area contributed by atoms with Crippen LogP contribution in [-0.2, 0) is 20.5 Å². The minimum atomic E-state index is -3.75. The van der Waals surface area contributed by atoms with Crippen molar-refractivity contribution >= 4 is 21.7 Å². The lowest BCUT2D eigenvalue weighted by atomic mass is 10.2. The predicted molar refractivity (Wildman–Crippen MR) is 116 cm³/mol. The van der Waals surface area contributed by atoms with Crippen LogP contribution in [0.3, 0.4) is 0 Å². The van der Waals surface area contributed by atoms with Gasteiger partial charge in [0.05, 0.1) is 17.9 Å². The highest BCUT2D eigenvalue weighted by atomic mass is 32.2. The Balaban J connectivity index is 2.24. The molecular formula is C21H29N3O5S. The highest BCUT2D eigenvalue weighted by Crippen LogP contribution is 2.25. The summed E-state index contributed by atoms with van der Waals surface area (Å²) < 4.78 is 38.7. The van der Waals surface area contributed by atoms with Crippen LogP contribution in [0.25, 0.3) is 0 Å². The second-order valence-electron chi connectivity index (χ2n) is 7.57. The van der Waals surface area contributed by atoms with Crippen molar-refractivity contribution in [3.8, 4) is 5.88 Å². The van der Waals surface area contributed by atoms with Crippen molar-refractivity contribution in [2.24, 2.45) is 5.92 Å². The van der Waals surface area contributed by atoms with Gasteiger partial charge in [-0.05, 0) is 31.6 Å². The first-order valence-electron chi connectivity index (χ1n) is 9.65. The molecule has 0 saturated carbocycles. The first-order valence-corrected chi connectivity index (χ1v) is 11.3. The largest absolute Gasteiger partial charge is 0.475 e. The summed E-state index contributed by atoms with van der Waals surface area (Å²) in [4.78, 5) is 18.4. The molecule has 0 radical (unpaired) electrons. The molecule has 164 valence electrons. The number of hydrogen-bond acceptors (Lipinski definition) is 7. The second kappa shape index (κ2) is 10.9. The molecule has 1 aromatic carbocycles. The summed E-state index contributed by atoms with van der Waals surface area (Å²) in [5.41, 5.74) is 0.886. The molecule has 30 heavy (non-hydrogen) atoms. The first-order chi connectivity index (χ1) is 14.2. The summed E-state index contributed by atoms with van der Waals surface area (Å²) in [6.45, 7) is 5.04. The van der Waals surface area contributed by atoms with Gasteiger partial charge < -0.3 is 14.4 Å². The van der Waals surface area contributed by atoms with Crippen molar-refractivity contribution in [1.29, 1.82) is 0 Å². The van der Waals surface area contributed by atoms with Gasteiger partial charge in [-0.1, -0.05) is 44.2 Å². The summed E-state index contributed by atoms with van der Waals surface area (Å²) >= 11 is 0. The maximum Gasteiger partial charge on any atom is 0.339 e. The Morgan fingerprint density at radius 1 is 1.20 bits per heavy atom. The number of carbonyl (C=O) groups excluding carboxylic acids is 1. The number of sulfonamides is 1. The number of esters is 1. The normalized spacial score (nSPS) is 11.5. The maximum atomic E-state index is 12.7. The minimum absolute atomic E-state index is 0.101. The first kappa shape index (κ1) is 23.6. The fraction of sp³-hybridized carbons (Fsp3) is 0.429. The molecule has 0 amide bonds. The van der Waals surface area contributed by atoms with Gasteiger partial charge in [-0.25, -0.2) is 18.2 Å². The Morgan fingerprint density at radius 2 is 1.90 bits per heavy atom. The van der Waals surface area contributed by atoms with Gasteiger partial charge in [0.1, 0.15) is 12.3 Å². The molecule has 0 aliphatic heterocycles. The fourth-order valence-corrected chi connectivity index (χ4v) is 3.58. The summed E-state index contributed by atoms with van der Waals surface area (Å²) in [6, 6.07) is 10.2. The number of pyridine rings is 1. The van der Waals surface area contributed by atoms with E-state index in [0.29, 0.717) is 18.7 Å². The fourth-order valence-electron chi connectivity index (χ4n) is 2.40. The molecule has 1 aromatic heterocycles. The Hall–Kier alpha value is -2.65. The lowest BCUT2D eigenvalue weighted by Crippen LogP contribution is -2.21.